The highest BCUT2D eigenvalue weighted by Gasteiger charge is 2.40. The van der Waals surface area contributed by atoms with Crippen LogP contribution in [0.25, 0.3) is 0 Å². The van der Waals surface area contributed by atoms with Gasteiger partial charge in [-0.1, -0.05) is 30.3 Å². The quantitative estimate of drug-likeness (QED) is 0.310. The number of urea groups is 1. The first-order valence-corrected chi connectivity index (χ1v) is 16.3. The molecular formula is C37H43F2N5O3. The van der Waals surface area contributed by atoms with Crippen LogP contribution >= 0.6 is 0 Å². The van der Waals surface area contributed by atoms with Crippen molar-refractivity contribution < 1.29 is 23.5 Å². The molecule has 10 heteroatoms. The van der Waals surface area contributed by atoms with Crippen LogP contribution in [0.3, 0.4) is 0 Å². The summed E-state index contributed by atoms with van der Waals surface area (Å²) < 4.78 is 28.7. The second kappa shape index (κ2) is 14.6. The Labute approximate surface area is 275 Å². The highest BCUT2D eigenvalue weighted by atomic mass is 19.1. The zero-order valence-electron chi connectivity index (χ0n) is 27.1. The summed E-state index contributed by atoms with van der Waals surface area (Å²) in [6, 6.07) is 21.5. The van der Waals surface area contributed by atoms with Gasteiger partial charge in [0.1, 0.15) is 17.2 Å². The molecule has 2 fully saturated rings. The molecule has 47 heavy (non-hydrogen) atoms. The minimum atomic E-state index is -1.44. The van der Waals surface area contributed by atoms with Gasteiger partial charge in [-0.2, -0.15) is 5.26 Å². The average molecular weight is 644 g/mol. The fourth-order valence-electron chi connectivity index (χ4n) is 6.88. The Hall–Kier alpha value is -4.33. The third-order valence-corrected chi connectivity index (χ3v) is 9.63. The minimum Gasteiger partial charge on any atom is -0.381 e. The number of rotatable bonds is 9. The van der Waals surface area contributed by atoms with Gasteiger partial charge in [0, 0.05) is 44.5 Å². The predicted molar refractivity (Wildman–Crippen MR) is 177 cm³/mol. The fourth-order valence-corrected chi connectivity index (χ4v) is 6.88. The molecule has 0 spiro atoms. The number of hydrogen-bond donors (Lipinski definition) is 2. The second-order valence-electron chi connectivity index (χ2n) is 13.3. The van der Waals surface area contributed by atoms with Gasteiger partial charge in [0.05, 0.1) is 11.6 Å². The van der Waals surface area contributed by atoms with Crippen LogP contribution in [-0.2, 0) is 16.8 Å². The molecule has 8 nitrogen and oxygen atoms in total. The maximum Gasteiger partial charge on any atom is 0.322 e. The number of amides is 3. The van der Waals surface area contributed by atoms with E-state index >= 15 is 0 Å². The minimum absolute atomic E-state index is 0.137. The van der Waals surface area contributed by atoms with Crippen LogP contribution < -0.4 is 10.2 Å². The molecule has 0 aliphatic carbocycles. The van der Waals surface area contributed by atoms with Crippen LogP contribution in [0.4, 0.5) is 19.3 Å². The first kappa shape index (κ1) is 34.0. The summed E-state index contributed by atoms with van der Waals surface area (Å²) in [5.41, 5.74) is 1.07. The first-order valence-electron chi connectivity index (χ1n) is 16.3. The molecule has 2 N–H and O–H groups in total. The highest BCUT2D eigenvalue weighted by Crippen LogP contribution is 2.40. The van der Waals surface area contributed by atoms with Gasteiger partial charge < -0.3 is 20.2 Å². The molecule has 0 saturated carbocycles. The van der Waals surface area contributed by atoms with Gasteiger partial charge in [0.15, 0.2) is 0 Å². The zero-order chi connectivity index (χ0) is 33.6. The number of hydrogen-bond acceptors (Lipinski definition) is 5. The maximum atomic E-state index is 14.4. The van der Waals surface area contributed by atoms with Crippen molar-refractivity contribution in [3.8, 4) is 6.07 Å². The Morgan fingerprint density at radius 2 is 1.62 bits per heavy atom. The van der Waals surface area contributed by atoms with Gasteiger partial charge >= 0.3 is 6.03 Å². The van der Waals surface area contributed by atoms with Crippen molar-refractivity contribution in [2.24, 2.45) is 0 Å². The Morgan fingerprint density at radius 3 is 2.21 bits per heavy atom. The van der Waals surface area contributed by atoms with E-state index in [0.29, 0.717) is 50.0 Å². The molecule has 5 rings (SSSR count). The van der Waals surface area contributed by atoms with E-state index in [-0.39, 0.29) is 35.8 Å². The van der Waals surface area contributed by atoms with Crippen LogP contribution in [0, 0.1) is 23.0 Å². The summed E-state index contributed by atoms with van der Waals surface area (Å²) in [5, 5.41) is 22.3. The number of carbonyl (C=O) groups excluding carboxylic acids is 2. The van der Waals surface area contributed by atoms with Crippen LogP contribution in [-0.4, -0.2) is 71.2 Å². The molecule has 0 bridgehead atoms. The van der Waals surface area contributed by atoms with Gasteiger partial charge in [-0.3, -0.25) is 9.69 Å². The van der Waals surface area contributed by atoms with E-state index in [0.717, 1.165) is 37.2 Å². The lowest BCUT2D eigenvalue weighted by Gasteiger charge is -2.45. The molecule has 0 aromatic heterocycles. The number of nitriles is 1. The highest BCUT2D eigenvalue weighted by molar-refractivity contribution is 5.92. The van der Waals surface area contributed by atoms with Crippen LogP contribution in [0.5, 0.6) is 0 Å². The third kappa shape index (κ3) is 8.34. The molecule has 2 aliphatic heterocycles. The molecule has 0 atom stereocenters. The molecule has 248 valence electrons. The fraction of sp³-hybridized carbons (Fsp3) is 0.432. The Balaban J connectivity index is 1.24. The molecule has 3 amide bonds. The molecule has 3 aromatic rings. The monoisotopic (exact) mass is 643 g/mol. The SMILES string of the molecule is CC(C)(O)C(=O)N1CCC(CCN2CCC(N(C(=O)NCc3ccc(C#N)cc3)c3cccc(F)c3)CC2)(c2cccc(F)c2)CC1. The van der Waals surface area contributed by atoms with Crippen molar-refractivity contribution in [2.75, 3.05) is 37.6 Å². The lowest BCUT2D eigenvalue weighted by Crippen LogP contribution is -2.53. The normalized spacial score (nSPS) is 17.1. The number of aliphatic hydroxyl groups is 1. The lowest BCUT2D eigenvalue weighted by atomic mass is 9.70. The standard InChI is InChI=1S/C37H43F2N5O3/c1-36(2,47)34(45)43-21-16-37(17-22-43,29-5-3-6-30(38)23-29)15-20-42-18-13-32(14-19-42)44(33-8-4-7-31(39)24-33)35(46)41-26-28-11-9-27(25-40)10-12-28/h3-12,23-24,32,47H,13-22,26H2,1-2H3,(H,41,46). The van der Waals surface area contributed by atoms with E-state index in [4.69, 9.17) is 5.26 Å². The summed E-state index contributed by atoms with van der Waals surface area (Å²) in [7, 11) is 0. The summed E-state index contributed by atoms with van der Waals surface area (Å²) in [5.74, 6) is -0.994. The maximum absolute atomic E-state index is 14.4. The van der Waals surface area contributed by atoms with E-state index in [9.17, 15) is 23.5 Å². The first-order chi connectivity index (χ1) is 22.5. The lowest BCUT2D eigenvalue weighted by molar-refractivity contribution is -0.149. The van der Waals surface area contributed by atoms with Crippen molar-refractivity contribution in [3.63, 3.8) is 0 Å². The van der Waals surface area contributed by atoms with Gasteiger partial charge in [-0.15, -0.1) is 0 Å². The number of piperidine rings is 2. The molecule has 3 aromatic carbocycles. The van der Waals surface area contributed by atoms with Crippen molar-refractivity contribution in [3.05, 3.63) is 101 Å². The number of likely N-dealkylation sites (tertiary alicyclic amines) is 2. The smallest absolute Gasteiger partial charge is 0.322 e. The molecule has 0 radical (unpaired) electrons. The summed E-state index contributed by atoms with van der Waals surface area (Å²) in [6.07, 6.45) is 3.51. The second-order valence-corrected chi connectivity index (χ2v) is 13.3. The number of nitrogens with one attached hydrogen (secondary N) is 1. The molecule has 0 unspecified atom stereocenters. The van der Waals surface area contributed by atoms with Crippen LogP contribution in [0.2, 0.25) is 0 Å². The van der Waals surface area contributed by atoms with E-state index < -0.39 is 11.4 Å². The largest absolute Gasteiger partial charge is 0.381 e. The molecule has 2 aliphatic rings. The number of halogens is 2. The van der Waals surface area contributed by atoms with Gasteiger partial charge in [0.2, 0.25) is 0 Å². The summed E-state index contributed by atoms with van der Waals surface area (Å²) in [6.45, 7) is 6.50. The average Bonchev–Trinajstić information content (AvgIpc) is 3.07. The van der Waals surface area contributed by atoms with Crippen molar-refractivity contribution >= 4 is 17.6 Å². The number of benzene rings is 3. The van der Waals surface area contributed by atoms with Gasteiger partial charge in [0.25, 0.3) is 5.91 Å². The number of carbonyl (C=O) groups is 2. The van der Waals surface area contributed by atoms with Crippen molar-refractivity contribution in [1.29, 1.82) is 5.26 Å². The van der Waals surface area contributed by atoms with Gasteiger partial charge in [-0.05, 0) is 112 Å². The topological polar surface area (TPSA) is 99.9 Å². The van der Waals surface area contributed by atoms with Crippen molar-refractivity contribution in [2.45, 2.75) is 69.6 Å². The van der Waals surface area contributed by atoms with E-state index in [1.54, 1.807) is 58.3 Å². The third-order valence-electron chi connectivity index (χ3n) is 9.63. The van der Waals surface area contributed by atoms with Gasteiger partial charge in [-0.25, -0.2) is 13.6 Å². The molecular weight excluding hydrogens is 600 g/mol. The number of nitrogens with zero attached hydrogens (tertiary/aromatic N) is 4. The van der Waals surface area contributed by atoms with E-state index in [1.165, 1.54) is 32.0 Å². The van der Waals surface area contributed by atoms with Crippen molar-refractivity contribution in [1.82, 2.24) is 15.1 Å². The Morgan fingerprint density at radius 1 is 0.979 bits per heavy atom. The van der Waals surface area contributed by atoms with E-state index in [1.807, 2.05) is 6.07 Å². The molecule has 2 saturated heterocycles. The summed E-state index contributed by atoms with van der Waals surface area (Å²) >= 11 is 0. The van der Waals surface area contributed by atoms with E-state index in [2.05, 4.69) is 16.3 Å². The summed E-state index contributed by atoms with van der Waals surface area (Å²) in [4.78, 5) is 32.1. The van der Waals surface area contributed by atoms with Crippen LogP contribution in [0.15, 0.2) is 72.8 Å². The Bertz CT molecular complexity index is 1580. The number of anilines is 1. The zero-order valence-corrected chi connectivity index (χ0v) is 27.1. The van der Waals surface area contributed by atoms with Crippen LogP contribution in [0.1, 0.15) is 62.6 Å². The predicted octanol–water partition coefficient (Wildman–Crippen LogP) is 5.74. The Kier molecular flexibility index (Phi) is 10.6. The molecule has 2 heterocycles.